The van der Waals surface area contributed by atoms with Crippen LogP contribution in [0.3, 0.4) is 0 Å². The zero-order valence-corrected chi connectivity index (χ0v) is 19.9. The summed E-state index contributed by atoms with van der Waals surface area (Å²) in [7, 11) is 0. The lowest BCUT2D eigenvalue weighted by molar-refractivity contribution is -0.142. The molecular formula is C25H28F3N3OS. The minimum Gasteiger partial charge on any atom is -0.338 e. The summed E-state index contributed by atoms with van der Waals surface area (Å²) in [5, 5.41) is 0.0137. The Labute approximate surface area is 196 Å². The number of carbonyl (C=O) groups excluding carboxylic acids is 1. The van der Waals surface area contributed by atoms with Gasteiger partial charge in [0.1, 0.15) is 0 Å². The molecular weight excluding hydrogens is 447 g/mol. The molecule has 2 aromatic rings. The maximum Gasteiger partial charge on any atom is 0.433 e. The largest absolute Gasteiger partial charge is 0.433 e. The standard InChI is InChI=1S/C25H28F3N3OS/c1-23(2)10-16-11-24(3,13-23)14-31(16)19(32)12-33-22-29-20-17-7-5-4-6-15(17)8-9-18(20)21(30-22)25(26,27)28/h4-7,16H,8-14H2,1-3H3. The van der Waals surface area contributed by atoms with Crippen LogP contribution < -0.4 is 0 Å². The van der Waals surface area contributed by atoms with Gasteiger partial charge in [0.05, 0.1) is 11.4 Å². The molecule has 2 heterocycles. The molecule has 1 aromatic carbocycles. The van der Waals surface area contributed by atoms with Gasteiger partial charge in [0.15, 0.2) is 10.9 Å². The van der Waals surface area contributed by atoms with Crippen molar-refractivity contribution in [3.63, 3.8) is 0 Å². The van der Waals surface area contributed by atoms with Crippen LogP contribution in [0.2, 0.25) is 0 Å². The van der Waals surface area contributed by atoms with Crippen LogP contribution in [0.25, 0.3) is 11.3 Å². The molecule has 1 amide bonds. The lowest BCUT2D eigenvalue weighted by Gasteiger charge is -2.39. The molecule has 2 bridgehead atoms. The summed E-state index contributed by atoms with van der Waals surface area (Å²) in [6.07, 6.45) is -0.734. The second-order valence-electron chi connectivity index (χ2n) is 10.9. The summed E-state index contributed by atoms with van der Waals surface area (Å²) < 4.78 is 41.6. The number of hydrogen-bond donors (Lipinski definition) is 0. The molecule has 2 fully saturated rings. The van der Waals surface area contributed by atoms with Crippen LogP contribution in [0.15, 0.2) is 29.4 Å². The van der Waals surface area contributed by atoms with Crippen molar-refractivity contribution in [2.24, 2.45) is 10.8 Å². The number of thioether (sulfide) groups is 1. The van der Waals surface area contributed by atoms with Gasteiger partial charge >= 0.3 is 6.18 Å². The van der Waals surface area contributed by atoms with Crippen LogP contribution in [0.4, 0.5) is 13.2 Å². The molecule has 2 unspecified atom stereocenters. The molecule has 2 atom stereocenters. The van der Waals surface area contributed by atoms with Gasteiger partial charge in [0, 0.05) is 23.7 Å². The molecule has 8 heteroatoms. The third kappa shape index (κ3) is 4.27. The van der Waals surface area contributed by atoms with Gasteiger partial charge in [-0.05, 0) is 48.5 Å². The summed E-state index contributed by atoms with van der Waals surface area (Å²) in [6.45, 7) is 7.45. The van der Waals surface area contributed by atoms with E-state index in [0.717, 1.165) is 42.2 Å². The third-order valence-electron chi connectivity index (χ3n) is 7.23. The van der Waals surface area contributed by atoms with Gasteiger partial charge in [-0.1, -0.05) is 56.8 Å². The molecule has 4 nitrogen and oxygen atoms in total. The monoisotopic (exact) mass is 475 g/mol. The average Bonchev–Trinajstić information content (AvgIpc) is 2.99. The number of hydrogen-bond acceptors (Lipinski definition) is 4. The molecule has 1 saturated carbocycles. The quantitative estimate of drug-likeness (QED) is 0.417. The van der Waals surface area contributed by atoms with E-state index in [1.54, 1.807) is 0 Å². The van der Waals surface area contributed by atoms with Crippen LogP contribution in [0.1, 0.15) is 56.9 Å². The number of benzene rings is 1. The molecule has 0 N–H and O–H groups in total. The van der Waals surface area contributed by atoms with E-state index in [-0.39, 0.29) is 45.7 Å². The van der Waals surface area contributed by atoms with E-state index in [4.69, 9.17) is 0 Å². The zero-order valence-electron chi connectivity index (χ0n) is 19.1. The molecule has 176 valence electrons. The number of amides is 1. The number of likely N-dealkylation sites (tertiary alicyclic amines) is 1. The average molecular weight is 476 g/mol. The Morgan fingerprint density at radius 2 is 1.91 bits per heavy atom. The maximum atomic E-state index is 13.9. The Bertz CT molecular complexity index is 1120. The zero-order chi connectivity index (χ0) is 23.6. The second-order valence-corrected chi connectivity index (χ2v) is 11.8. The predicted octanol–water partition coefficient (Wildman–Crippen LogP) is 5.78. The van der Waals surface area contributed by atoms with Crippen LogP contribution >= 0.6 is 11.8 Å². The summed E-state index contributed by atoms with van der Waals surface area (Å²) >= 11 is 1.01. The van der Waals surface area contributed by atoms with Crippen LogP contribution in [0.5, 0.6) is 0 Å². The summed E-state index contributed by atoms with van der Waals surface area (Å²) in [6, 6.07) is 7.64. The van der Waals surface area contributed by atoms with E-state index in [0.29, 0.717) is 18.7 Å². The first-order chi connectivity index (χ1) is 15.4. The Balaban J connectivity index is 1.40. The number of fused-ring (bicyclic) bond motifs is 5. The molecule has 2 aliphatic carbocycles. The van der Waals surface area contributed by atoms with E-state index in [2.05, 4.69) is 30.7 Å². The third-order valence-corrected chi connectivity index (χ3v) is 8.06. The number of aromatic nitrogens is 2. The Kier molecular flexibility index (Phi) is 5.31. The first-order valence-corrected chi connectivity index (χ1v) is 12.4. The number of aryl methyl sites for hydroxylation is 1. The van der Waals surface area contributed by atoms with Crippen molar-refractivity contribution >= 4 is 17.7 Å². The van der Waals surface area contributed by atoms with Crippen molar-refractivity contribution < 1.29 is 18.0 Å². The number of alkyl halides is 3. The molecule has 3 aliphatic rings. The fourth-order valence-corrected chi connectivity index (χ4v) is 7.14. The highest BCUT2D eigenvalue weighted by Gasteiger charge is 2.50. The maximum absolute atomic E-state index is 13.9. The number of halogens is 3. The van der Waals surface area contributed by atoms with E-state index >= 15 is 0 Å². The summed E-state index contributed by atoms with van der Waals surface area (Å²) in [5.41, 5.74) is 1.65. The number of rotatable bonds is 3. The van der Waals surface area contributed by atoms with Gasteiger partial charge in [-0.25, -0.2) is 9.97 Å². The normalized spacial score (nSPS) is 25.5. The number of nitrogens with zero attached hydrogens (tertiary/aromatic N) is 3. The fourth-order valence-electron chi connectivity index (χ4n) is 6.41. The van der Waals surface area contributed by atoms with E-state index in [9.17, 15) is 18.0 Å². The minimum absolute atomic E-state index is 0.0137. The second kappa shape index (κ2) is 7.72. The first kappa shape index (κ1) is 22.7. The SMILES string of the molecule is CC1(C)CC2CC(C)(CN2C(=O)CSc2nc3c(c(C(F)(F)F)n2)CCc2ccccc2-3)C1. The van der Waals surface area contributed by atoms with Gasteiger partial charge in [-0.3, -0.25) is 4.79 Å². The van der Waals surface area contributed by atoms with Gasteiger partial charge in [0.2, 0.25) is 5.91 Å². The smallest absolute Gasteiger partial charge is 0.338 e. The Morgan fingerprint density at radius 1 is 1.15 bits per heavy atom. The molecule has 0 spiro atoms. The van der Waals surface area contributed by atoms with Crippen molar-refractivity contribution in [1.29, 1.82) is 0 Å². The fraction of sp³-hybridized carbons (Fsp3) is 0.560. The molecule has 1 saturated heterocycles. The van der Waals surface area contributed by atoms with E-state index in [1.165, 1.54) is 0 Å². The topological polar surface area (TPSA) is 46.1 Å². The Morgan fingerprint density at radius 3 is 2.67 bits per heavy atom. The predicted molar refractivity (Wildman–Crippen MR) is 122 cm³/mol. The van der Waals surface area contributed by atoms with Gasteiger partial charge < -0.3 is 4.90 Å². The van der Waals surface area contributed by atoms with E-state index < -0.39 is 11.9 Å². The summed E-state index contributed by atoms with van der Waals surface area (Å²) in [4.78, 5) is 23.5. The first-order valence-electron chi connectivity index (χ1n) is 11.4. The van der Waals surface area contributed by atoms with Gasteiger partial charge in [-0.2, -0.15) is 13.2 Å². The van der Waals surface area contributed by atoms with Crippen LogP contribution in [0, 0.1) is 10.8 Å². The molecule has 1 aliphatic heterocycles. The molecule has 33 heavy (non-hydrogen) atoms. The highest BCUT2D eigenvalue weighted by Crippen LogP contribution is 2.52. The van der Waals surface area contributed by atoms with E-state index in [1.807, 2.05) is 29.2 Å². The highest BCUT2D eigenvalue weighted by atomic mass is 32.2. The molecule has 0 radical (unpaired) electrons. The number of carbonyl (C=O) groups is 1. The lowest BCUT2D eigenvalue weighted by atomic mass is 9.65. The lowest BCUT2D eigenvalue weighted by Crippen LogP contribution is -2.38. The molecule has 5 rings (SSSR count). The molecule has 1 aromatic heterocycles. The Hall–Kier alpha value is -2.09. The van der Waals surface area contributed by atoms with Crippen molar-refractivity contribution in [2.45, 2.75) is 70.2 Å². The van der Waals surface area contributed by atoms with Crippen molar-refractivity contribution in [3.05, 3.63) is 41.1 Å². The van der Waals surface area contributed by atoms with Crippen LogP contribution in [-0.4, -0.2) is 39.1 Å². The van der Waals surface area contributed by atoms with Crippen molar-refractivity contribution in [2.75, 3.05) is 12.3 Å². The minimum atomic E-state index is -4.56. The van der Waals surface area contributed by atoms with Gasteiger partial charge in [-0.15, -0.1) is 0 Å². The highest BCUT2D eigenvalue weighted by molar-refractivity contribution is 7.99. The van der Waals surface area contributed by atoms with Crippen molar-refractivity contribution in [1.82, 2.24) is 14.9 Å². The summed E-state index contributed by atoms with van der Waals surface area (Å²) in [5.74, 6) is 0.00628. The van der Waals surface area contributed by atoms with Gasteiger partial charge in [0.25, 0.3) is 0 Å². The van der Waals surface area contributed by atoms with Crippen LogP contribution in [-0.2, 0) is 23.8 Å². The van der Waals surface area contributed by atoms with Crippen molar-refractivity contribution in [3.8, 4) is 11.3 Å².